The number of aryl methyl sites for hydroxylation is 1. The van der Waals surface area contributed by atoms with Crippen LogP contribution in [0.2, 0.25) is 0 Å². The third kappa shape index (κ3) is 1.39. The maximum atomic E-state index is 5.90. The molecule has 0 unspecified atom stereocenters. The molecule has 1 aromatic heterocycles. The van der Waals surface area contributed by atoms with Crippen molar-refractivity contribution in [3.63, 3.8) is 0 Å². The van der Waals surface area contributed by atoms with Gasteiger partial charge >= 0.3 is 0 Å². The number of fused-ring (bicyclic) bond motifs is 2. The van der Waals surface area contributed by atoms with Crippen molar-refractivity contribution in [2.75, 3.05) is 0 Å². The van der Waals surface area contributed by atoms with Gasteiger partial charge < -0.3 is 5.73 Å². The first kappa shape index (κ1) is 10.2. The lowest BCUT2D eigenvalue weighted by atomic mass is 10.0. The summed E-state index contributed by atoms with van der Waals surface area (Å²) in [6, 6.07) is 6.21. The number of nitrogens with zero attached hydrogens (tertiary/aromatic N) is 1. The Hall–Kier alpha value is -0.930. The molecule has 0 atom stereocenters. The van der Waals surface area contributed by atoms with Crippen LogP contribution in [-0.2, 0) is 19.4 Å². The summed E-state index contributed by atoms with van der Waals surface area (Å²) in [7, 11) is 0. The SMILES string of the molecule is NCc1c2c(nc3c(Br)cccc13)CCC2. The molecule has 2 nitrogen and oxygen atoms in total. The summed E-state index contributed by atoms with van der Waals surface area (Å²) in [6.07, 6.45) is 3.44. The van der Waals surface area contributed by atoms with E-state index in [4.69, 9.17) is 10.7 Å². The smallest absolute Gasteiger partial charge is 0.0850 e. The number of pyridine rings is 1. The number of benzene rings is 1. The molecule has 0 aliphatic heterocycles. The molecule has 3 rings (SSSR count). The normalized spacial score (nSPS) is 14.4. The van der Waals surface area contributed by atoms with Crippen LogP contribution in [0.4, 0.5) is 0 Å². The number of aromatic nitrogens is 1. The maximum absolute atomic E-state index is 5.90. The maximum Gasteiger partial charge on any atom is 0.0850 e. The predicted octanol–water partition coefficient (Wildman–Crippen LogP) is 2.94. The Labute approximate surface area is 103 Å². The van der Waals surface area contributed by atoms with Crippen molar-refractivity contribution < 1.29 is 0 Å². The van der Waals surface area contributed by atoms with E-state index in [2.05, 4.69) is 28.1 Å². The number of para-hydroxylation sites is 1. The molecular formula is C13H13BrN2. The molecule has 2 aromatic rings. The highest BCUT2D eigenvalue weighted by atomic mass is 79.9. The first-order chi connectivity index (χ1) is 7.81. The minimum Gasteiger partial charge on any atom is -0.326 e. The second-order valence-electron chi connectivity index (χ2n) is 4.21. The number of rotatable bonds is 1. The summed E-state index contributed by atoms with van der Waals surface area (Å²) < 4.78 is 1.06. The van der Waals surface area contributed by atoms with Crippen LogP contribution in [0.25, 0.3) is 10.9 Å². The van der Waals surface area contributed by atoms with Crippen LogP contribution < -0.4 is 5.73 Å². The van der Waals surface area contributed by atoms with Crippen molar-refractivity contribution in [3.8, 4) is 0 Å². The zero-order valence-corrected chi connectivity index (χ0v) is 10.5. The van der Waals surface area contributed by atoms with Gasteiger partial charge in [-0.2, -0.15) is 0 Å². The molecule has 1 aromatic carbocycles. The van der Waals surface area contributed by atoms with Gasteiger partial charge in [0.15, 0.2) is 0 Å². The van der Waals surface area contributed by atoms with E-state index in [0.29, 0.717) is 6.54 Å². The van der Waals surface area contributed by atoms with E-state index in [9.17, 15) is 0 Å². The standard InChI is InChI=1S/C13H13BrN2/c14-11-5-1-4-9-10(7-15)8-3-2-6-12(8)16-13(9)11/h1,4-5H,2-3,6-7,15H2. The highest BCUT2D eigenvalue weighted by Crippen LogP contribution is 2.32. The third-order valence-electron chi connectivity index (χ3n) is 3.32. The fourth-order valence-corrected chi connectivity index (χ4v) is 3.03. The number of hydrogen-bond acceptors (Lipinski definition) is 2. The van der Waals surface area contributed by atoms with E-state index in [1.165, 1.54) is 28.6 Å². The largest absolute Gasteiger partial charge is 0.326 e. The summed E-state index contributed by atoms with van der Waals surface area (Å²) in [5.41, 5.74) is 10.9. The molecule has 0 saturated heterocycles. The van der Waals surface area contributed by atoms with E-state index in [1.807, 2.05) is 6.07 Å². The monoisotopic (exact) mass is 276 g/mol. The van der Waals surface area contributed by atoms with Crippen molar-refractivity contribution >= 4 is 26.8 Å². The molecule has 0 fully saturated rings. The van der Waals surface area contributed by atoms with Gasteiger partial charge in [-0.05, 0) is 52.4 Å². The van der Waals surface area contributed by atoms with Crippen LogP contribution in [0.1, 0.15) is 23.2 Å². The van der Waals surface area contributed by atoms with Crippen LogP contribution >= 0.6 is 15.9 Å². The number of halogens is 1. The van der Waals surface area contributed by atoms with Crippen LogP contribution in [0, 0.1) is 0 Å². The van der Waals surface area contributed by atoms with Gasteiger partial charge in [-0.15, -0.1) is 0 Å². The number of nitrogens with two attached hydrogens (primary N) is 1. The zero-order valence-electron chi connectivity index (χ0n) is 8.96. The topological polar surface area (TPSA) is 38.9 Å². The van der Waals surface area contributed by atoms with Crippen molar-refractivity contribution in [3.05, 3.63) is 39.5 Å². The molecule has 0 saturated carbocycles. The Balaban J connectivity index is 2.44. The van der Waals surface area contributed by atoms with Crippen molar-refractivity contribution in [2.24, 2.45) is 5.73 Å². The van der Waals surface area contributed by atoms with Gasteiger partial charge in [-0.1, -0.05) is 12.1 Å². The fraction of sp³-hybridized carbons (Fsp3) is 0.308. The highest BCUT2D eigenvalue weighted by Gasteiger charge is 2.19. The average molecular weight is 277 g/mol. The van der Waals surface area contributed by atoms with Crippen LogP contribution in [0.5, 0.6) is 0 Å². The van der Waals surface area contributed by atoms with E-state index >= 15 is 0 Å². The molecule has 0 bridgehead atoms. The molecule has 0 spiro atoms. The van der Waals surface area contributed by atoms with E-state index in [1.54, 1.807) is 0 Å². The summed E-state index contributed by atoms with van der Waals surface area (Å²) in [5, 5.41) is 1.21. The van der Waals surface area contributed by atoms with Crippen LogP contribution in [0.3, 0.4) is 0 Å². The highest BCUT2D eigenvalue weighted by molar-refractivity contribution is 9.10. The summed E-state index contributed by atoms with van der Waals surface area (Å²) in [5.74, 6) is 0. The van der Waals surface area contributed by atoms with Gasteiger partial charge in [0.1, 0.15) is 0 Å². The fourth-order valence-electron chi connectivity index (χ4n) is 2.58. The lowest BCUT2D eigenvalue weighted by Crippen LogP contribution is -2.04. The van der Waals surface area contributed by atoms with E-state index < -0.39 is 0 Å². The molecule has 1 aliphatic rings. The van der Waals surface area contributed by atoms with Crippen LogP contribution in [-0.4, -0.2) is 4.98 Å². The third-order valence-corrected chi connectivity index (χ3v) is 3.96. The Morgan fingerprint density at radius 3 is 3.00 bits per heavy atom. The summed E-state index contributed by atoms with van der Waals surface area (Å²) in [6.45, 7) is 0.609. The average Bonchev–Trinajstić information content (AvgIpc) is 2.75. The molecule has 1 aliphatic carbocycles. The Bertz CT molecular complexity index is 563. The first-order valence-corrected chi connectivity index (χ1v) is 6.39. The summed E-state index contributed by atoms with van der Waals surface area (Å²) in [4.78, 5) is 4.76. The summed E-state index contributed by atoms with van der Waals surface area (Å²) >= 11 is 3.57. The molecular weight excluding hydrogens is 264 g/mol. The van der Waals surface area contributed by atoms with Gasteiger partial charge in [-0.25, -0.2) is 0 Å². The zero-order chi connectivity index (χ0) is 11.1. The van der Waals surface area contributed by atoms with E-state index in [-0.39, 0.29) is 0 Å². The number of hydrogen-bond donors (Lipinski definition) is 1. The minimum absolute atomic E-state index is 0.609. The van der Waals surface area contributed by atoms with Crippen molar-refractivity contribution in [1.82, 2.24) is 4.98 Å². The van der Waals surface area contributed by atoms with E-state index in [0.717, 1.165) is 22.8 Å². The Morgan fingerprint density at radius 2 is 2.19 bits per heavy atom. The first-order valence-electron chi connectivity index (χ1n) is 5.60. The predicted molar refractivity (Wildman–Crippen MR) is 69.4 cm³/mol. The van der Waals surface area contributed by atoms with Crippen LogP contribution in [0.15, 0.2) is 22.7 Å². The molecule has 2 N–H and O–H groups in total. The van der Waals surface area contributed by atoms with Gasteiger partial charge in [0.05, 0.1) is 5.52 Å². The molecule has 82 valence electrons. The lowest BCUT2D eigenvalue weighted by Gasteiger charge is -2.11. The van der Waals surface area contributed by atoms with Gasteiger partial charge in [-0.3, -0.25) is 4.98 Å². The lowest BCUT2D eigenvalue weighted by molar-refractivity contribution is 0.896. The van der Waals surface area contributed by atoms with Gasteiger partial charge in [0.25, 0.3) is 0 Å². The second kappa shape index (κ2) is 3.82. The van der Waals surface area contributed by atoms with Crippen molar-refractivity contribution in [2.45, 2.75) is 25.8 Å². The molecule has 0 radical (unpaired) electrons. The molecule has 16 heavy (non-hydrogen) atoms. The Morgan fingerprint density at radius 1 is 1.31 bits per heavy atom. The van der Waals surface area contributed by atoms with Gasteiger partial charge in [0.2, 0.25) is 0 Å². The van der Waals surface area contributed by atoms with Crippen molar-refractivity contribution in [1.29, 1.82) is 0 Å². The Kier molecular flexibility index (Phi) is 2.45. The quantitative estimate of drug-likeness (QED) is 0.870. The molecule has 3 heteroatoms. The molecule has 1 heterocycles. The molecule has 0 amide bonds. The second-order valence-corrected chi connectivity index (χ2v) is 5.06. The van der Waals surface area contributed by atoms with Gasteiger partial charge in [0, 0.05) is 22.1 Å². The minimum atomic E-state index is 0.609.